The van der Waals surface area contributed by atoms with Crippen molar-refractivity contribution < 1.29 is 13.9 Å². The van der Waals surface area contributed by atoms with Crippen LogP contribution in [0, 0.1) is 0 Å². The first-order valence-electron chi connectivity index (χ1n) is 9.03. The van der Waals surface area contributed by atoms with Crippen molar-refractivity contribution in [1.29, 1.82) is 0 Å². The first kappa shape index (κ1) is 17.1. The number of carbonyl (C=O) groups is 1. The number of fused-ring (bicyclic) bond motifs is 2. The van der Waals surface area contributed by atoms with Crippen molar-refractivity contribution in [2.75, 3.05) is 18.8 Å². The summed E-state index contributed by atoms with van der Waals surface area (Å²) in [6, 6.07) is 19.4. The number of oxazole rings is 1. The highest BCUT2D eigenvalue weighted by Crippen LogP contribution is 2.25. The maximum absolute atomic E-state index is 12.4. The fraction of sp³-hybridized carbons (Fsp3) is 0.190. The summed E-state index contributed by atoms with van der Waals surface area (Å²) in [5.41, 5.74) is 2.44. The summed E-state index contributed by atoms with van der Waals surface area (Å²) in [6.45, 7) is 1.14. The largest absolute Gasteiger partial charge is 0.471 e. The predicted octanol–water partition coefficient (Wildman–Crippen LogP) is 3.76. The number of benzene rings is 2. The van der Waals surface area contributed by atoms with E-state index in [1.54, 1.807) is 4.90 Å². The van der Waals surface area contributed by atoms with E-state index >= 15 is 0 Å². The molecule has 0 spiro atoms. The summed E-state index contributed by atoms with van der Waals surface area (Å²) in [6.07, 6.45) is -0.0214. The van der Waals surface area contributed by atoms with Crippen LogP contribution in [0.5, 0.6) is 5.88 Å². The molecule has 1 saturated heterocycles. The van der Waals surface area contributed by atoms with Gasteiger partial charge in [-0.25, -0.2) is 9.97 Å². The summed E-state index contributed by atoms with van der Waals surface area (Å²) in [4.78, 5) is 23.0. The van der Waals surface area contributed by atoms with Crippen molar-refractivity contribution in [3.63, 3.8) is 0 Å². The highest BCUT2D eigenvalue weighted by atomic mass is 32.2. The Kier molecular flexibility index (Phi) is 4.37. The molecule has 6 nitrogen and oxygen atoms in total. The van der Waals surface area contributed by atoms with Crippen molar-refractivity contribution >= 4 is 39.7 Å². The van der Waals surface area contributed by atoms with E-state index in [4.69, 9.17) is 9.15 Å². The second-order valence-corrected chi connectivity index (χ2v) is 7.54. The number of ether oxygens (including phenoxy) is 1. The third-order valence-electron chi connectivity index (χ3n) is 4.65. The predicted molar refractivity (Wildman–Crippen MR) is 107 cm³/mol. The van der Waals surface area contributed by atoms with Gasteiger partial charge in [0.25, 0.3) is 5.22 Å². The third kappa shape index (κ3) is 3.41. The molecular weight excluding hydrogens is 374 g/mol. The van der Waals surface area contributed by atoms with Crippen molar-refractivity contribution in [3.05, 3.63) is 60.7 Å². The molecule has 0 unspecified atom stereocenters. The van der Waals surface area contributed by atoms with E-state index in [0.29, 0.717) is 29.9 Å². The lowest BCUT2D eigenvalue weighted by molar-refractivity contribution is -0.137. The Hall–Kier alpha value is -3.06. The number of para-hydroxylation sites is 3. The van der Waals surface area contributed by atoms with Crippen LogP contribution in [-0.2, 0) is 4.79 Å². The highest BCUT2D eigenvalue weighted by Gasteiger charge is 2.32. The molecule has 28 heavy (non-hydrogen) atoms. The molecule has 2 aromatic carbocycles. The molecule has 3 heterocycles. The maximum atomic E-state index is 12.4. The molecule has 0 saturated carbocycles. The fourth-order valence-corrected chi connectivity index (χ4v) is 3.87. The van der Waals surface area contributed by atoms with E-state index in [1.807, 2.05) is 60.7 Å². The van der Waals surface area contributed by atoms with Crippen molar-refractivity contribution in [2.45, 2.75) is 11.3 Å². The number of pyridine rings is 1. The van der Waals surface area contributed by atoms with Gasteiger partial charge in [0.15, 0.2) is 5.58 Å². The van der Waals surface area contributed by atoms with Crippen LogP contribution in [0.25, 0.3) is 22.0 Å². The van der Waals surface area contributed by atoms with Crippen LogP contribution >= 0.6 is 11.8 Å². The minimum absolute atomic E-state index is 0.0214. The van der Waals surface area contributed by atoms with Crippen LogP contribution in [-0.4, -0.2) is 45.7 Å². The van der Waals surface area contributed by atoms with E-state index in [2.05, 4.69) is 9.97 Å². The molecule has 0 bridgehead atoms. The van der Waals surface area contributed by atoms with Crippen LogP contribution in [0.3, 0.4) is 0 Å². The molecule has 7 heteroatoms. The number of hydrogen-bond donors (Lipinski definition) is 0. The number of aromatic nitrogens is 2. The number of likely N-dealkylation sites (tertiary alicyclic amines) is 1. The molecule has 1 amide bonds. The molecule has 4 aromatic rings. The minimum Gasteiger partial charge on any atom is -0.471 e. The lowest BCUT2D eigenvalue weighted by Gasteiger charge is -2.38. The Morgan fingerprint density at radius 3 is 2.68 bits per heavy atom. The van der Waals surface area contributed by atoms with Gasteiger partial charge in [-0.3, -0.25) is 4.79 Å². The van der Waals surface area contributed by atoms with Crippen LogP contribution in [0.4, 0.5) is 0 Å². The van der Waals surface area contributed by atoms with Crippen molar-refractivity contribution in [3.8, 4) is 5.88 Å². The minimum atomic E-state index is -0.0214. The Morgan fingerprint density at radius 2 is 1.82 bits per heavy atom. The quantitative estimate of drug-likeness (QED) is 0.483. The Morgan fingerprint density at radius 1 is 1.04 bits per heavy atom. The average molecular weight is 391 g/mol. The molecule has 1 aliphatic rings. The molecule has 0 N–H and O–H groups in total. The second-order valence-electron chi connectivity index (χ2n) is 6.62. The zero-order chi connectivity index (χ0) is 18.9. The van der Waals surface area contributed by atoms with Gasteiger partial charge in [0.1, 0.15) is 11.6 Å². The molecule has 1 aliphatic heterocycles. The van der Waals surface area contributed by atoms with Crippen molar-refractivity contribution in [2.24, 2.45) is 0 Å². The molecule has 5 rings (SSSR count). The van der Waals surface area contributed by atoms with E-state index < -0.39 is 0 Å². The van der Waals surface area contributed by atoms with Crippen LogP contribution < -0.4 is 4.74 Å². The maximum Gasteiger partial charge on any atom is 0.257 e. The van der Waals surface area contributed by atoms with E-state index in [0.717, 1.165) is 22.0 Å². The van der Waals surface area contributed by atoms with Gasteiger partial charge in [-0.05, 0) is 24.3 Å². The smallest absolute Gasteiger partial charge is 0.257 e. The van der Waals surface area contributed by atoms with Gasteiger partial charge < -0.3 is 14.1 Å². The highest BCUT2D eigenvalue weighted by molar-refractivity contribution is 7.99. The summed E-state index contributed by atoms with van der Waals surface area (Å²) < 4.78 is 11.5. The monoisotopic (exact) mass is 391 g/mol. The summed E-state index contributed by atoms with van der Waals surface area (Å²) in [5, 5.41) is 1.60. The van der Waals surface area contributed by atoms with Gasteiger partial charge in [-0.2, -0.15) is 0 Å². The van der Waals surface area contributed by atoms with E-state index in [-0.39, 0.29) is 12.0 Å². The lowest BCUT2D eigenvalue weighted by atomic mass is 10.1. The van der Waals surface area contributed by atoms with Gasteiger partial charge in [-0.1, -0.05) is 42.1 Å². The van der Waals surface area contributed by atoms with Crippen LogP contribution in [0.1, 0.15) is 0 Å². The summed E-state index contributed by atoms with van der Waals surface area (Å²) in [5.74, 6) is 0.948. The zero-order valence-corrected chi connectivity index (χ0v) is 15.8. The van der Waals surface area contributed by atoms with E-state index in [1.165, 1.54) is 11.8 Å². The Bertz CT molecular complexity index is 1120. The first-order chi connectivity index (χ1) is 13.7. The fourth-order valence-electron chi connectivity index (χ4n) is 3.13. The molecule has 0 atom stereocenters. The van der Waals surface area contributed by atoms with Gasteiger partial charge in [0.05, 0.1) is 24.4 Å². The van der Waals surface area contributed by atoms with Gasteiger partial charge in [0.2, 0.25) is 11.8 Å². The van der Waals surface area contributed by atoms with Gasteiger partial charge >= 0.3 is 0 Å². The lowest BCUT2D eigenvalue weighted by Crippen LogP contribution is -2.56. The zero-order valence-electron chi connectivity index (χ0n) is 14.9. The Labute approximate surface area is 165 Å². The number of amides is 1. The SMILES string of the molecule is O=C(CSc1nc2ccccc2o1)N1CC(Oc2ccc3ccccc3n2)C1. The average Bonchev–Trinajstić information content (AvgIpc) is 3.11. The number of nitrogens with zero attached hydrogens (tertiary/aromatic N) is 3. The molecule has 140 valence electrons. The van der Waals surface area contributed by atoms with Gasteiger partial charge in [0, 0.05) is 11.5 Å². The number of carbonyl (C=O) groups excluding carboxylic acids is 1. The first-order valence-corrected chi connectivity index (χ1v) is 10.0. The number of hydrogen-bond acceptors (Lipinski definition) is 6. The molecule has 1 fully saturated rings. The molecule has 0 radical (unpaired) electrons. The van der Waals surface area contributed by atoms with E-state index in [9.17, 15) is 4.79 Å². The Balaban J connectivity index is 1.13. The molecular formula is C21H17N3O3S. The van der Waals surface area contributed by atoms with Crippen LogP contribution in [0.2, 0.25) is 0 Å². The second kappa shape index (κ2) is 7.16. The molecule has 0 aliphatic carbocycles. The molecule has 2 aromatic heterocycles. The summed E-state index contributed by atoms with van der Waals surface area (Å²) in [7, 11) is 0. The number of rotatable bonds is 5. The summed E-state index contributed by atoms with van der Waals surface area (Å²) >= 11 is 1.32. The van der Waals surface area contributed by atoms with Crippen molar-refractivity contribution in [1.82, 2.24) is 14.9 Å². The normalized spacial score (nSPS) is 14.4. The number of thioether (sulfide) groups is 1. The standard InChI is InChI=1S/C21H17N3O3S/c25-20(13-28-21-23-17-7-3-4-8-18(17)27-21)24-11-15(12-24)26-19-10-9-14-5-1-2-6-16(14)22-19/h1-10,15H,11-13H2. The third-order valence-corrected chi connectivity index (χ3v) is 5.47. The van der Waals surface area contributed by atoms with Gasteiger partial charge in [-0.15, -0.1) is 0 Å². The topological polar surface area (TPSA) is 68.5 Å². The van der Waals surface area contributed by atoms with Crippen LogP contribution in [0.15, 0.2) is 70.3 Å².